The van der Waals surface area contributed by atoms with Gasteiger partial charge in [0.15, 0.2) is 0 Å². The highest BCUT2D eigenvalue weighted by atomic mass is 15.1. The lowest BCUT2D eigenvalue weighted by Gasteiger charge is -2.25. The van der Waals surface area contributed by atoms with Crippen molar-refractivity contribution in [3.05, 3.63) is 175 Å². The monoisotopic (exact) mass is 549 g/mol. The van der Waals surface area contributed by atoms with Crippen molar-refractivity contribution in [3.63, 3.8) is 0 Å². The standard InChI is InChI=1S/C42H29N/c1-3-11-34(12-4-1)43(35-13-5-2-6-14-35)36-25-24-32-27-30(21-23-33(32)29-36)19-20-31-22-26-41-39-17-8-7-15-37(39)38-16-9-10-18-40(38)42(41)28-31/h1-29H/b20-19+/i19D,20D. The van der Waals surface area contributed by atoms with E-state index in [-0.39, 0.29) is 12.1 Å². The van der Waals surface area contributed by atoms with Gasteiger partial charge in [-0.3, -0.25) is 0 Å². The Morgan fingerprint density at radius 2 is 0.791 bits per heavy atom. The van der Waals surface area contributed by atoms with Gasteiger partial charge in [0.2, 0.25) is 0 Å². The van der Waals surface area contributed by atoms with Crippen molar-refractivity contribution in [3.8, 4) is 0 Å². The highest BCUT2D eigenvalue weighted by Gasteiger charge is 2.12. The minimum atomic E-state index is 0.209. The van der Waals surface area contributed by atoms with E-state index < -0.39 is 0 Å². The van der Waals surface area contributed by atoms with Gasteiger partial charge in [0.1, 0.15) is 0 Å². The third-order valence-electron chi connectivity index (χ3n) is 8.21. The molecule has 0 aliphatic heterocycles. The van der Waals surface area contributed by atoms with Gasteiger partial charge in [-0.1, -0.05) is 127 Å². The van der Waals surface area contributed by atoms with E-state index in [2.05, 4.69) is 138 Å². The maximum absolute atomic E-state index is 9.08. The van der Waals surface area contributed by atoms with Gasteiger partial charge in [-0.2, -0.15) is 0 Å². The zero-order valence-electron chi connectivity index (χ0n) is 25.5. The average molecular weight is 550 g/mol. The summed E-state index contributed by atoms with van der Waals surface area (Å²) < 4.78 is 18.1. The van der Waals surface area contributed by atoms with Crippen LogP contribution in [0.1, 0.15) is 13.9 Å². The number of hydrogen-bond donors (Lipinski definition) is 0. The van der Waals surface area contributed by atoms with Crippen LogP contribution in [-0.4, -0.2) is 0 Å². The largest absolute Gasteiger partial charge is 0.310 e. The van der Waals surface area contributed by atoms with Gasteiger partial charge in [0, 0.05) is 17.1 Å². The fraction of sp³-hybridized carbons (Fsp3) is 0. The summed E-state index contributed by atoms with van der Waals surface area (Å²) in [6.45, 7) is 0. The summed E-state index contributed by atoms with van der Waals surface area (Å²) in [7, 11) is 0. The topological polar surface area (TPSA) is 3.24 Å². The molecule has 8 aromatic rings. The van der Waals surface area contributed by atoms with E-state index in [0.717, 1.165) is 55.1 Å². The van der Waals surface area contributed by atoms with Crippen LogP contribution in [0.4, 0.5) is 17.1 Å². The first kappa shape index (κ1) is 23.0. The van der Waals surface area contributed by atoms with Crippen LogP contribution in [0.2, 0.25) is 0 Å². The lowest BCUT2D eigenvalue weighted by Crippen LogP contribution is -2.09. The SMILES string of the molecule is [2H]/C(=C(/[2H])c1ccc2c3ccccc3c3ccccc3c2c1)c1ccc2cc(N(c3ccccc3)c3ccccc3)ccc2c1. The molecular formula is C42H29N. The van der Waals surface area contributed by atoms with Crippen LogP contribution in [0.15, 0.2) is 164 Å². The van der Waals surface area contributed by atoms with Gasteiger partial charge in [-0.15, -0.1) is 0 Å². The Morgan fingerprint density at radius 1 is 0.349 bits per heavy atom. The number of anilines is 3. The molecule has 0 bridgehead atoms. The molecule has 0 N–H and O–H groups in total. The average Bonchev–Trinajstić information content (AvgIpc) is 3.11. The molecule has 1 nitrogen and oxygen atoms in total. The molecule has 0 aliphatic rings. The van der Waals surface area contributed by atoms with Crippen LogP contribution >= 0.6 is 0 Å². The predicted octanol–water partition coefficient (Wildman–Crippen LogP) is 11.9. The molecular weight excluding hydrogens is 518 g/mol. The van der Waals surface area contributed by atoms with Crippen LogP contribution in [0.25, 0.3) is 55.2 Å². The number of hydrogen-bond acceptors (Lipinski definition) is 1. The number of para-hydroxylation sites is 2. The molecule has 8 aromatic carbocycles. The second-order valence-electron chi connectivity index (χ2n) is 10.9. The fourth-order valence-electron chi connectivity index (χ4n) is 6.18. The molecule has 0 spiro atoms. The molecule has 0 unspecified atom stereocenters. The van der Waals surface area contributed by atoms with E-state index in [4.69, 9.17) is 2.74 Å². The molecule has 0 heterocycles. The number of benzene rings is 8. The molecule has 1 heteroatoms. The van der Waals surface area contributed by atoms with E-state index in [1.54, 1.807) is 0 Å². The Labute approximate surface area is 254 Å². The van der Waals surface area contributed by atoms with Crippen molar-refractivity contribution < 1.29 is 2.74 Å². The third-order valence-corrected chi connectivity index (χ3v) is 8.21. The molecule has 0 fully saturated rings. The first-order valence-electron chi connectivity index (χ1n) is 15.6. The van der Waals surface area contributed by atoms with E-state index >= 15 is 0 Å². The van der Waals surface area contributed by atoms with Gasteiger partial charge in [-0.25, -0.2) is 0 Å². The minimum Gasteiger partial charge on any atom is -0.310 e. The van der Waals surface area contributed by atoms with Crippen LogP contribution in [0.3, 0.4) is 0 Å². The number of nitrogens with zero attached hydrogens (tertiary/aromatic N) is 1. The van der Waals surface area contributed by atoms with Crippen molar-refractivity contribution in [2.45, 2.75) is 0 Å². The number of fused-ring (bicyclic) bond motifs is 7. The Balaban J connectivity index is 1.20. The summed E-state index contributed by atoms with van der Waals surface area (Å²) in [5.41, 5.74) is 4.71. The Kier molecular flexibility index (Phi) is 5.68. The molecule has 0 saturated carbocycles. The molecule has 43 heavy (non-hydrogen) atoms. The second kappa shape index (κ2) is 10.6. The summed E-state index contributed by atoms with van der Waals surface area (Å²) >= 11 is 0. The van der Waals surface area contributed by atoms with Crippen LogP contribution in [-0.2, 0) is 0 Å². The predicted molar refractivity (Wildman–Crippen MR) is 187 cm³/mol. The van der Waals surface area contributed by atoms with Crippen molar-refractivity contribution in [2.24, 2.45) is 0 Å². The second-order valence-corrected chi connectivity index (χ2v) is 10.9. The normalized spacial score (nSPS) is 12.7. The van der Waals surface area contributed by atoms with Gasteiger partial charge < -0.3 is 4.90 Å². The molecule has 0 radical (unpaired) electrons. The van der Waals surface area contributed by atoms with Gasteiger partial charge in [0.25, 0.3) is 0 Å². The smallest absolute Gasteiger partial charge is 0.0629 e. The highest BCUT2D eigenvalue weighted by Crippen LogP contribution is 2.37. The maximum Gasteiger partial charge on any atom is 0.0629 e. The quantitative estimate of drug-likeness (QED) is 0.152. The summed E-state index contributed by atoms with van der Waals surface area (Å²) in [4.78, 5) is 2.25. The lowest BCUT2D eigenvalue weighted by atomic mass is 9.93. The van der Waals surface area contributed by atoms with E-state index in [0.29, 0.717) is 0 Å². The van der Waals surface area contributed by atoms with Crippen molar-refractivity contribution >= 4 is 72.3 Å². The molecule has 0 amide bonds. The fourth-order valence-corrected chi connectivity index (χ4v) is 6.18. The van der Waals surface area contributed by atoms with Gasteiger partial charge in [0.05, 0.1) is 2.74 Å². The third kappa shape index (κ3) is 4.62. The first-order chi connectivity index (χ1) is 22.2. The van der Waals surface area contributed by atoms with Gasteiger partial charge >= 0.3 is 0 Å². The molecule has 0 atom stereocenters. The molecule has 0 aromatic heterocycles. The molecule has 0 aliphatic carbocycles. The zero-order valence-corrected chi connectivity index (χ0v) is 23.5. The van der Waals surface area contributed by atoms with Crippen LogP contribution in [0, 0.1) is 0 Å². The lowest BCUT2D eigenvalue weighted by molar-refractivity contribution is 1.29. The summed E-state index contributed by atoms with van der Waals surface area (Å²) in [6, 6.07) is 56.7. The van der Waals surface area contributed by atoms with Crippen molar-refractivity contribution in [2.75, 3.05) is 4.90 Å². The Morgan fingerprint density at radius 3 is 1.40 bits per heavy atom. The van der Waals surface area contributed by atoms with Crippen molar-refractivity contribution in [1.82, 2.24) is 0 Å². The summed E-state index contributed by atoms with van der Waals surface area (Å²) in [6.07, 6.45) is 0. The highest BCUT2D eigenvalue weighted by molar-refractivity contribution is 6.25. The summed E-state index contributed by atoms with van der Waals surface area (Å²) in [5.74, 6) is 0. The molecule has 8 rings (SSSR count). The van der Waals surface area contributed by atoms with E-state index in [1.807, 2.05) is 30.3 Å². The molecule has 202 valence electrons. The zero-order chi connectivity index (χ0) is 30.3. The Hall–Kier alpha value is -5.66. The Bertz CT molecular complexity index is 2320. The van der Waals surface area contributed by atoms with E-state index in [1.165, 1.54) is 16.2 Å². The summed E-state index contributed by atoms with van der Waals surface area (Å²) in [5, 5.41) is 9.17. The first-order valence-corrected chi connectivity index (χ1v) is 14.6. The minimum absolute atomic E-state index is 0.209. The molecule has 0 saturated heterocycles. The van der Waals surface area contributed by atoms with Crippen molar-refractivity contribution in [1.29, 1.82) is 0 Å². The number of rotatable bonds is 5. The van der Waals surface area contributed by atoms with Gasteiger partial charge in [-0.05, 0) is 103 Å². The van der Waals surface area contributed by atoms with Crippen LogP contribution < -0.4 is 4.90 Å². The van der Waals surface area contributed by atoms with Crippen LogP contribution in [0.5, 0.6) is 0 Å². The maximum atomic E-state index is 9.08. The van der Waals surface area contributed by atoms with E-state index in [9.17, 15) is 0 Å².